The van der Waals surface area contributed by atoms with Gasteiger partial charge in [0.2, 0.25) is 0 Å². The number of nitrogens with one attached hydrogen (secondary N) is 2. The molecule has 3 rings (SSSR count). The number of anilines is 2. The Morgan fingerprint density at radius 2 is 1.50 bits per heavy atom. The number of amides is 2. The molecule has 28 heavy (non-hydrogen) atoms. The molecule has 0 aliphatic rings. The molecule has 144 valence electrons. The molecule has 0 aliphatic heterocycles. The molecule has 3 aromatic rings. The summed E-state index contributed by atoms with van der Waals surface area (Å²) in [7, 11) is 0. The van der Waals surface area contributed by atoms with Crippen molar-refractivity contribution in [2.75, 3.05) is 10.6 Å². The molecule has 3 aromatic carbocycles. The van der Waals surface area contributed by atoms with E-state index in [-0.39, 0.29) is 11.4 Å². The first-order valence-electron chi connectivity index (χ1n) is 8.97. The number of halogens is 2. The molecule has 0 radical (unpaired) electrons. The van der Waals surface area contributed by atoms with Crippen LogP contribution < -0.4 is 10.6 Å². The summed E-state index contributed by atoms with van der Waals surface area (Å²) in [6.07, 6.45) is 0. The molecule has 0 spiro atoms. The minimum Gasteiger partial charge on any atom is -0.307 e. The summed E-state index contributed by atoms with van der Waals surface area (Å²) in [5, 5.41) is 6.43. The van der Waals surface area contributed by atoms with Gasteiger partial charge >= 0.3 is 6.03 Å². The number of hydrogen-bond acceptors (Lipinski definition) is 1. The Morgan fingerprint density at radius 1 is 0.821 bits per heavy atom. The van der Waals surface area contributed by atoms with Crippen LogP contribution in [-0.4, -0.2) is 6.03 Å². The highest BCUT2D eigenvalue weighted by Gasteiger charge is 2.17. The number of carbonyl (C=O) groups excluding carboxylic acids is 1. The van der Waals surface area contributed by atoms with E-state index < -0.39 is 0 Å². The van der Waals surface area contributed by atoms with Crippen LogP contribution in [0.5, 0.6) is 0 Å². The Morgan fingerprint density at radius 3 is 2.18 bits per heavy atom. The van der Waals surface area contributed by atoms with E-state index in [0.29, 0.717) is 15.7 Å². The van der Waals surface area contributed by atoms with Gasteiger partial charge < -0.3 is 10.6 Å². The van der Waals surface area contributed by atoms with Crippen LogP contribution in [0.25, 0.3) is 11.1 Å². The van der Waals surface area contributed by atoms with Crippen LogP contribution in [0.15, 0.2) is 66.7 Å². The maximum Gasteiger partial charge on any atom is 0.323 e. The number of urea groups is 1. The Kier molecular flexibility index (Phi) is 5.97. The third-order valence-corrected chi connectivity index (χ3v) is 5.24. The molecule has 0 unspecified atom stereocenters. The zero-order chi connectivity index (χ0) is 20.3. The molecule has 0 atom stereocenters. The van der Waals surface area contributed by atoms with Gasteiger partial charge in [0.15, 0.2) is 0 Å². The highest BCUT2D eigenvalue weighted by molar-refractivity contribution is 6.44. The molecule has 0 aliphatic carbocycles. The highest BCUT2D eigenvalue weighted by Crippen LogP contribution is 2.34. The molecular weight excluding hydrogens is 391 g/mol. The standard InChI is InChI=1S/C23H22Cl2N2O/c1-23(2,3)16-12-13-17(15-8-5-4-6-9-15)20(14-16)27-22(28)26-19-11-7-10-18(24)21(19)25/h4-14H,1-3H3,(H2,26,27,28). The lowest BCUT2D eigenvalue weighted by atomic mass is 9.85. The molecule has 0 bridgehead atoms. The van der Waals surface area contributed by atoms with Crippen LogP contribution in [0.1, 0.15) is 26.3 Å². The van der Waals surface area contributed by atoms with Gasteiger partial charge in [-0.05, 0) is 34.7 Å². The molecular formula is C23H22Cl2N2O. The van der Waals surface area contributed by atoms with Crippen molar-refractivity contribution in [2.24, 2.45) is 0 Å². The van der Waals surface area contributed by atoms with Crippen molar-refractivity contribution in [1.82, 2.24) is 0 Å². The second-order valence-corrected chi connectivity index (χ2v) is 8.34. The maximum absolute atomic E-state index is 12.7. The lowest BCUT2D eigenvalue weighted by Crippen LogP contribution is -2.21. The van der Waals surface area contributed by atoms with Crippen molar-refractivity contribution in [3.63, 3.8) is 0 Å². The minimum atomic E-state index is -0.382. The summed E-state index contributed by atoms with van der Waals surface area (Å²) in [5.41, 5.74) is 4.25. The third kappa shape index (κ3) is 4.67. The van der Waals surface area contributed by atoms with Crippen LogP contribution >= 0.6 is 23.2 Å². The van der Waals surface area contributed by atoms with Crippen LogP contribution in [0.4, 0.5) is 16.2 Å². The first-order chi connectivity index (χ1) is 13.3. The van der Waals surface area contributed by atoms with Gasteiger partial charge in [0.1, 0.15) is 0 Å². The fourth-order valence-electron chi connectivity index (χ4n) is 2.86. The first kappa shape index (κ1) is 20.2. The quantitative estimate of drug-likeness (QED) is 0.456. The van der Waals surface area contributed by atoms with Crippen LogP contribution in [0.3, 0.4) is 0 Å². The predicted molar refractivity (Wildman–Crippen MR) is 120 cm³/mol. The van der Waals surface area contributed by atoms with Gasteiger partial charge in [-0.3, -0.25) is 0 Å². The molecule has 3 nitrogen and oxygen atoms in total. The smallest absolute Gasteiger partial charge is 0.307 e. The van der Waals surface area contributed by atoms with Gasteiger partial charge in [0.05, 0.1) is 21.4 Å². The van der Waals surface area contributed by atoms with Crippen molar-refractivity contribution in [3.8, 4) is 11.1 Å². The van der Waals surface area contributed by atoms with E-state index in [0.717, 1.165) is 22.4 Å². The highest BCUT2D eigenvalue weighted by atomic mass is 35.5. The molecule has 0 fully saturated rings. The van der Waals surface area contributed by atoms with Crippen LogP contribution in [0.2, 0.25) is 10.0 Å². The van der Waals surface area contributed by atoms with Gasteiger partial charge in [0, 0.05) is 5.56 Å². The van der Waals surface area contributed by atoms with E-state index >= 15 is 0 Å². The lowest BCUT2D eigenvalue weighted by molar-refractivity contribution is 0.262. The molecule has 5 heteroatoms. The van der Waals surface area contributed by atoms with Crippen molar-refractivity contribution >= 4 is 40.6 Å². The van der Waals surface area contributed by atoms with Crippen molar-refractivity contribution in [1.29, 1.82) is 0 Å². The van der Waals surface area contributed by atoms with Gasteiger partial charge in [-0.2, -0.15) is 0 Å². The fourth-order valence-corrected chi connectivity index (χ4v) is 3.21. The van der Waals surface area contributed by atoms with E-state index in [9.17, 15) is 4.79 Å². The number of hydrogen-bond donors (Lipinski definition) is 2. The molecule has 2 N–H and O–H groups in total. The SMILES string of the molecule is CC(C)(C)c1ccc(-c2ccccc2)c(NC(=O)Nc2cccc(Cl)c2Cl)c1. The van der Waals surface area contributed by atoms with Crippen LogP contribution in [-0.2, 0) is 5.41 Å². The van der Waals surface area contributed by atoms with Gasteiger partial charge in [-0.25, -0.2) is 4.79 Å². The second-order valence-electron chi connectivity index (χ2n) is 7.56. The number of carbonyl (C=O) groups is 1. The number of rotatable bonds is 3. The summed E-state index contributed by atoms with van der Waals surface area (Å²) in [4.78, 5) is 12.7. The monoisotopic (exact) mass is 412 g/mol. The normalized spacial score (nSPS) is 11.2. The average molecular weight is 413 g/mol. The fraction of sp³-hybridized carbons (Fsp3) is 0.174. The zero-order valence-electron chi connectivity index (χ0n) is 16.0. The lowest BCUT2D eigenvalue weighted by Gasteiger charge is -2.22. The summed E-state index contributed by atoms with van der Waals surface area (Å²) in [6.45, 7) is 6.42. The molecule has 0 saturated heterocycles. The summed E-state index contributed by atoms with van der Waals surface area (Å²) >= 11 is 12.2. The Balaban J connectivity index is 1.94. The van der Waals surface area contributed by atoms with E-state index in [2.05, 4.69) is 37.5 Å². The molecule has 0 saturated carbocycles. The Bertz CT molecular complexity index is 995. The summed E-state index contributed by atoms with van der Waals surface area (Å²) in [6, 6.07) is 20.8. The first-order valence-corrected chi connectivity index (χ1v) is 9.73. The summed E-state index contributed by atoms with van der Waals surface area (Å²) in [5.74, 6) is 0. The average Bonchev–Trinajstić information content (AvgIpc) is 2.65. The maximum atomic E-state index is 12.7. The van der Waals surface area contributed by atoms with E-state index in [4.69, 9.17) is 23.2 Å². The molecule has 0 heterocycles. The molecule has 2 amide bonds. The number of benzene rings is 3. The topological polar surface area (TPSA) is 41.1 Å². The van der Waals surface area contributed by atoms with Gasteiger partial charge in [0.25, 0.3) is 0 Å². The van der Waals surface area contributed by atoms with Gasteiger partial charge in [-0.1, -0.05) is 92.5 Å². The van der Waals surface area contributed by atoms with E-state index in [1.54, 1.807) is 18.2 Å². The zero-order valence-corrected chi connectivity index (χ0v) is 17.5. The van der Waals surface area contributed by atoms with Crippen molar-refractivity contribution in [3.05, 3.63) is 82.3 Å². The predicted octanol–water partition coefficient (Wildman–Crippen LogP) is 7.60. The van der Waals surface area contributed by atoms with E-state index in [1.165, 1.54) is 0 Å². The van der Waals surface area contributed by atoms with Crippen molar-refractivity contribution < 1.29 is 4.79 Å². The Labute approximate surface area is 175 Å². The summed E-state index contributed by atoms with van der Waals surface area (Å²) < 4.78 is 0. The largest absolute Gasteiger partial charge is 0.323 e. The van der Waals surface area contributed by atoms with Gasteiger partial charge in [-0.15, -0.1) is 0 Å². The Hall–Kier alpha value is -2.49. The second kappa shape index (κ2) is 8.26. The third-order valence-electron chi connectivity index (χ3n) is 4.42. The minimum absolute atomic E-state index is 0.0433. The van der Waals surface area contributed by atoms with E-state index in [1.807, 2.05) is 42.5 Å². The van der Waals surface area contributed by atoms with Crippen molar-refractivity contribution in [2.45, 2.75) is 26.2 Å². The molecule has 0 aromatic heterocycles. The van der Waals surface area contributed by atoms with Crippen LogP contribution in [0, 0.1) is 0 Å².